The molecule has 0 saturated heterocycles. The van der Waals surface area contributed by atoms with Crippen LogP contribution in [0.1, 0.15) is 10.4 Å². The number of ether oxygens (including phenoxy) is 2. The fourth-order valence-corrected chi connectivity index (χ4v) is 5.37. The number of anilines is 2. The Labute approximate surface area is 209 Å². The number of sulfonamides is 1. The number of nitrogens with zero attached hydrogens (tertiary/aromatic N) is 3. The molecule has 2 heterocycles. The lowest BCUT2D eigenvalue weighted by molar-refractivity contribution is -0.113. The Morgan fingerprint density at radius 3 is 2.46 bits per heavy atom. The molecule has 11 nitrogen and oxygen atoms in total. The third kappa shape index (κ3) is 6.08. The van der Waals surface area contributed by atoms with Gasteiger partial charge in [-0.2, -0.15) is 0 Å². The van der Waals surface area contributed by atoms with Gasteiger partial charge in [-0.25, -0.2) is 12.7 Å². The summed E-state index contributed by atoms with van der Waals surface area (Å²) in [5.74, 6) is 0.628. The Kier molecular flexibility index (Phi) is 7.54. The second kappa shape index (κ2) is 10.6. The molecule has 0 radical (unpaired) electrons. The molecule has 0 unspecified atom stereocenters. The maximum Gasteiger partial charge on any atom is 0.257 e. The second-order valence-electron chi connectivity index (χ2n) is 7.33. The predicted octanol–water partition coefficient (Wildman–Crippen LogP) is 2.54. The van der Waals surface area contributed by atoms with Crippen LogP contribution in [0.15, 0.2) is 51.7 Å². The molecule has 3 aromatic rings. The molecule has 1 aromatic heterocycles. The molecule has 0 aliphatic carbocycles. The number of hydrogen-bond acceptors (Lipinski definition) is 10. The monoisotopic (exact) mass is 535 g/mol. The van der Waals surface area contributed by atoms with Crippen molar-refractivity contribution in [1.82, 2.24) is 14.5 Å². The maximum atomic E-state index is 12.5. The van der Waals surface area contributed by atoms with E-state index in [1.807, 2.05) is 0 Å². The molecular formula is C21H21N5O6S3. The van der Waals surface area contributed by atoms with Gasteiger partial charge in [0.05, 0.1) is 10.6 Å². The summed E-state index contributed by atoms with van der Waals surface area (Å²) in [5, 5.41) is 13.6. The van der Waals surface area contributed by atoms with Crippen molar-refractivity contribution in [2.75, 3.05) is 43.7 Å². The van der Waals surface area contributed by atoms with Crippen molar-refractivity contribution >= 4 is 55.8 Å². The SMILES string of the molecule is CN(C)S(=O)(=O)c1ccc(C(=O)Nc2nnc(SCC(=O)Nc3ccc4c(c3)OCCO4)s2)cc1. The standard InChI is InChI=1S/C21H21N5O6S3/c1-26(2)35(29,30)15-6-3-13(4-7-15)19(28)23-20-24-25-21(34-20)33-12-18(27)22-14-5-8-16-17(11-14)32-10-9-31-16/h3-8,11H,9-10,12H2,1-2H3,(H,22,27)(H,23,24,28). The highest BCUT2D eigenvalue weighted by Crippen LogP contribution is 2.33. The first-order valence-electron chi connectivity index (χ1n) is 10.2. The van der Waals surface area contributed by atoms with Crippen LogP contribution in [0.25, 0.3) is 0 Å². The van der Waals surface area contributed by atoms with Crippen LogP contribution >= 0.6 is 23.1 Å². The van der Waals surface area contributed by atoms with Gasteiger partial charge in [0.1, 0.15) is 13.2 Å². The first kappa shape index (κ1) is 24.9. The van der Waals surface area contributed by atoms with Crippen molar-refractivity contribution < 1.29 is 27.5 Å². The number of aromatic nitrogens is 2. The summed E-state index contributed by atoms with van der Waals surface area (Å²) in [7, 11) is -0.711. The fourth-order valence-electron chi connectivity index (χ4n) is 2.92. The van der Waals surface area contributed by atoms with Crippen LogP contribution in [0, 0.1) is 0 Å². The zero-order valence-corrected chi connectivity index (χ0v) is 21.1. The van der Waals surface area contributed by atoms with Crippen LogP contribution in [0.2, 0.25) is 0 Å². The molecule has 2 N–H and O–H groups in total. The van der Waals surface area contributed by atoms with Crippen molar-refractivity contribution in [2.45, 2.75) is 9.24 Å². The number of carbonyl (C=O) groups excluding carboxylic acids is 2. The average molecular weight is 536 g/mol. The van der Waals surface area contributed by atoms with E-state index >= 15 is 0 Å². The van der Waals surface area contributed by atoms with Gasteiger partial charge in [0.25, 0.3) is 5.91 Å². The van der Waals surface area contributed by atoms with E-state index in [2.05, 4.69) is 20.8 Å². The van der Waals surface area contributed by atoms with Gasteiger partial charge >= 0.3 is 0 Å². The molecule has 0 fully saturated rings. The Hall–Kier alpha value is -3.20. The number of benzene rings is 2. The van der Waals surface area contributed by atoms with Gasteiger partial charge in [0, 0.05) is 31.4 Å². The van der Waals surface area contributed by atoms with Gasteiger partial charge in [-0.15, -0.1) is 10.2 Å². The zero-order valence-electron chi connectivity index (χ0n) is 18.7. The number of fused-ring (bicyclic) bond motifs is 1. The molecule has 2 aromatic carbocycles. The zero-order chi connectivity index (χ0) is 25.0. The van der Waals surface area contributed by atoms with Crippen molar-refractivity contribution in [3.8, 4) is 11.5 Å². The normalized spacial score (nSPS) is 12.9. The minimum Gasteiger partial charge on any atom is -0.486 e. The van der Waals surface area contributed by atoms with Crippen LogP contribution in [-0.2, 0) is 14.8 Å². The number of thioether (sulfide) groups is 1. The van der Waals surface area contributed by atoms with Gasteiger partial charge in [-0.3, -0.25) is 14.9 Å². The fraction of sp³-hybridized carbons (Fsp3) is 0.238. The molecule has 0 saturated carbocycles. The lowest BCUT2D eigenvalue weighted by Gasteiger charge is -2.18. The van der Waals surface area contributed by atoms with Crippen molar-refractivity contribution in [3.63, 3.8) is 0 Å². The molecule has 0 bridgehead atoms. The van der Waals surface area contributed by atoms with Crippen molar-refractivity contribution in [1.29, 1.82) is 0 Å². The maximum absolute atomic E-state index is 12.5. The summed E-state index contributed by atoms with van der Waals surface area (Å²) in [6.45, 7) is 0.951. The summed E-state index contributed by atoms with van der Waals surface area (Å²) in [6.07, 6.45) is 0. The molecule has 14 heteroatoms. The molecule has 0 atom stereocenters. The van der Waals surface area contributed by atoms with Crippen molar-refractivity contribution in [2.24, 2.45) is 0 Å². The van der Waals surface area contributed by atoms with Gasteiger partial charge in [0.2, 0.25) is 21.1 Å². The Bertz CT molecular complexity index is 1340. The third-order valence-corrected chi connectivity index (χ3v) is 8.48. The molecule has 4 rings (SSSR count). The lowest BCUT2D eigenvalue weighted by atomic mass is 10.2. The number of carbonyl (C=O) groups is 2. The van der Waals surface area contributed by atoms with E-state index in [-0.39, 0.29) is 27.3 Å². The number of rotatable bonds is 8. The first-order chi connectivity index (χ1) is 16.7. The highest BCUT2D eigenvalue weighted by atomic mass is 32.2. The third-order valence-electron chi connectivity index (χ3n) is 4.67. The molecule has 35 heavy (non-hydrogen) atoms. The molecule has 184 valence electrons. The van der Waals surface area contributed by atoms with Gasteiger partial charge in [-0.05, 0) is 36.4 Å². The summed E-state index contributed by atoms with van der Waals surface area (Å²) < 4.78 is 36.9. The molecule has 2 amide bonds. The molecule has 1 aliphatic heterocycles. The smallest absolute Gasteiger partial charge is 0.257 e. The quantitative estimate of drug-likeness (QED) is 0.329. The number of nitrogens with one attached hydrogen (secondary N) is 2. The van der Waals surface area contributed by atoms with E-state index in [0.29, 0.717) is 34.7 Å². The lowest BCUT2D eigenvalue weighted by Crippen LogP contribution is -2.22. The van der Waals surface area contributed by atoms with Gasteiger partial charge in [-0.1, -0.05) is 23.1 Å². The van der Waals surface area contributed by atoms with E-state index in [1.165, 1.54) is 50.1 Å². The summed E-state index contributed by atoms with van der Waals surface area (Å²) in [4.78, 5) is 24.9. The molecular weight excluding hydrogens is 514 g/mol. The second-order valence-corrected chi connectivity index (χ2v) is 11.7. The minimum atomic E-state index is -3.58. The van der Waals surface area contributed by atoms with Crippen LogP contribution in [-0.4, -0.2) is 67.8 Å². The summed E-state index contributed by atoms with van der Waals surface area (Å²) >= 11 is 2.31. The van der Waals surface area contributed by atoms with Crippen molar-refractivity contribution in [3.05, 3.63) is 48.0 Å². The highest BCUT2D eigenvalue weighted by Gasteiger charge is 2.18. The number of amides is 2. The average Bonchev–Trinajstić information content (AvgIpc) is 3.30. The molecule has 1 aliphatic rings. The Balaban J connectivity index is 1.29. The molecule has 0 spiro atoms. The Morgan fingerprint density at radius 2 is 1.74 bits per heavy atom. The predicted molar refractivity (Wildman–Crippen MR) is 132 cm³/mol. The minimum absolute atomic E-state index is 0.0863. The summed E-state index contributed by atoms with van der Waals surface area (Å²) in [5.41, 5.74) is 0.861. The van der Waals surface area contributed by atoms with Gasteiger partial charge in [0.15, 0.2) is 15.8 Å². The largest absolute Gasteiger partial charge is 0.486 e. The van der Waals surface area contributed by atoms with E-state index < -0.39 is 15.9 Å². The highest BCUT2D eigenvalue weighted by molar-refractivity contribution is 8.01. The first-order valence-corrected chi connectivity index (χ1v) is 13.5. The van der Waals surface area contributed by atoms with E-state index in [0.717, 1.165) is 15.6 Å². The topological polar surface area (TPSA) is 140 Å². The van der Waals surface area contributed by atoms with Gasteiger partial charge < -0.3 is 14.8 Å². The van der Waals surface area contributed by atoms with Crippen LogP contribution in [0.4, 0.5) is 10.8 Å². The van der Waals surface area contributed by atoms with Crippen LogP contribution in [0.5, 0.6) is 11.5 Å². The Morgan fingerprint density at radius 1 is 1.03 bits per heavy atom. The van der Waals surface area contributed by atoms with E-state index in [9.17, 15) is 18.0 Å². The van der Waals surface area contributed by atoms with Crippen LogP contribution < -0.4 is 20.1 Å². The summed E-state index contributed by atoms with van der Waals surface area (Å²) in [6, 6.07) is 10.8. The van der Waals surface area contributed by atoms with Crippen LogP contribution in [0.3, 0.4) is 0 Å². The van der Waals surface area contributed by atoms with E-state index in [1.54, 1.807) is 18.2 Å². The van der Waals surface area contributed by atoms with E-state index in [4.69, 9.17) is 9.47 Å². The number of hydrogen-bond donors (Lipinski definition) is 2.